The lowest BCUT2D eigenvalue weighted by molar-refractivity contribution is 0.218. The standard InChI is InChI=1S/C22H26FNO3S3/c1-5-12-24(14-16(3)27-29-19-9-6-15(2)7-10-19)30(25,26)22-17(4)20-13-18(23)8-11-21(20)28-22/h6-11,13,16H,5,12,14H2,1-4H3. The van der Waals surface area contributed by atoms with Gasteiger partial charge in [0.15, 0.2) is 0 Å². The van der Waals surface area contributed by atoms with Gasteiger partial charge in [-0.05, 0) is 68.5 Å². The van der Waals surface area contributed by atoms with Crippen molar-refractivity contribution in [1.82, 2.24) is 4.31 Å². The lowest BCUT2D eigenvalue weighted by atomic mass is 10.2. The molecule has 1 atom stereocenters. The van der Waals surface area contributed by atoms with E-state index in [0.717, 1.165) is 9.60 Å². The fraction of sp³-hybridized carbons (Fsp3) is 0.364. The molecule has 4 nitrogen and oxygen atoms in total. The number of hydrogen-bond acceptors (Lipinski definition) is 5. The van der Waals surface area contributed by atoms with E-state index in [-0.39, 0.29) is 22.7 Å². The van der Waals surface area contributed by atoms with Crippen LogP contribution >= 0.6 is 23.4 Å². The van der Waals surface area contributed by atoms with E-state index in [1.807, 2.05) is 45.0 Å². The molecule has 0 N–H and O–H groups in total. The quantitative estimate of drug-likeness (QED) is 0.353. The number of nitrogens with zero attached hydrogens (tertiary/aromatic N) is 1. The Morgan fingerprint density at radius 2 is 1.87 bits per heavy atom. The van der Waals surface area contributed by atoms with Crippen LogP contribution in [0.4, 0.5) is 4.39 Å². The van der Waals surface area contributed by atoms with Crippen LogP contribution in [0.2, 0.25) is 0 Å². The molecule has 0 bridgehead atoms. The van der Waals surface area contributed by atoms with Crippen LogP contribution in [0, 0.1) is 19.7 Å². The molecule has 0 fully saturated rings. The van der Waals surface area contributed by atoms with Gasteiger partial charge in [0.2, 0.25) is 0 Å². The summed E-state index contributed by atoms with van der Waals surface area (Å²) in [7, 11) is -3.71. The fourth-order valence-corrected chi connectivity index (χ4v) is 7.21. The molecule has 8 heteroatoms. The number of sulfonamides is 1. The fourth-order valence-electron chi connectivity index (χ4n) is 3.14. The molecule has 0 aliphatic rings. The molecule has 0 aliphatic carbocycles. The second-order valence-corrected chi connectivity index (χ2v) is 11.3. The predicted molar refractivity (Wildman–Crippen MR) is 123 cm³/mol. The van der Waals surface area contributed by atoms with Crippen molar-refractivity contribution < 1.29 is 17.0 Å². The SMILES string of the molecule is CCCN(CC(C)OSc1ccc(C)cc1)S(=O)(=O)c1sc2ccc(F)cc2c1C. The number of thiophene rings is 1. The summed E-state index contributed by atoms with van der Waals surface area (Å²) in [5.41, 5.74) is 1.77. The minimum absolute atomic E-state index is 0.247. The Kier molecular flexibility index (Phi) is 7.57. The third-order valence-corrected chi connectivity index (χ3v) is 9.32. The normalized spacial score (nSPS) is 13.3. The van der Waals surface area contributed by atoms with E-state index in [9.17, 15) is 12.8 Å². The highest BCUT2D eigenvalue weighted by atomic mass is 32.2. The maximum atomic E-state index is 13.6. The third-order valence-electron chi connectivity index (χ3n) is 4.69. The number of aryl methyl sites for hydroxylation is 2. The molecular weight excluding hydrogens is 441 g/mol. The van der Waals surface area contributed by atoms with Gasteiger partial charge in [-0.15, -0.1) is 11.3 Å². The number of fused-ring (bicyclic) bond motifs is 1. The summed E-state index contributed by atoms with van der Waals surface area (Å²) >= 11 is 2.44. The van der Waals surface area contributed by atoms with Crippen LogP contribution in [0.25, 0.3) is 10.1 Å². The van der Waals surface area contributed by atoms with E-state index in [1.54, 1.807) is 13.0 Å². The molecule has 162 valence electrons. The molecule has 2 aromatic carbocycles. The molecule has 0 amide bonds. The van der Waals surface area contributed by atoms with Crippen LogP contribution < -0.4 is 0 Å². The van der Waals surface area contributed by atoms with Gasteiger partial charge in [0.05, 0.1) is 6.10 Å². The lowest BCUT2D eigenvalue weighted by Crippen LogP contribution is -2.37. The van der Waals surface area contributed by atoms with Crippen LogP contribution in [-0.4, -0.2) is 31.9 Å². The Morgan fingerprint density at radius 1 is 1.17 bits per heavy atom. The zero-order chi connectivity index (χ0) is 21.9. The van der Waals surface area contributed by atoms with Crippen molar-refractivity contribution in [3.63, 3.8) is 0 Å². The average molecular weight is 468 g/mol. The average Bonchev–Trinajstić information content (AvgIpc) is 3.04. The van der Waals surface area contributed by atoms with E-state index < -0.39 is 10.0 Å². The number of benzene rings is 2. The monoisotopic (exact) mass is 467 g/mol. The van der Waals surface area contributed by atoms with Crippen molar-refractivity contribution in [2.45, 2.75) is 49.3 Å². The Balaban J connectivity index is 1.78. The number of rotatable bonds is 9. The molecule has 0 radical (unpaired) electrons. The summed E-state index contributed by atoms with van der Waals surface area (Å²) in [6, 6.07) is 12.4. The topological polar surface area (TPSA) is 46.6 Å². The van der Waals surface area contributed by atoms with Crippen LogP contribution in [0.15, 0.2) is 51.6 Å². The Hall–Kier alpha value is -1.45. The van der Waals surface area contributed by atoms with Gasteiger partial charge in [0, 0.05) is 34.7 Å². The second kappa shape index (κ2) is 9.78. The van der Waals surface area contributed by atoms with Gasteiger partial charge < -0.3 is 4.18 Å². The van der Waals surface area contributed by atoms with E-state index in [0.29, 0.717) is 23.9 Å². The minimum Gasteiger partial charge on any atom is -0.306 e. The number of hydrogen-bond donors (Lipinski definition) is 0. The predicted octanol–water partition coefficient (Wildman–Crippen LogP) is 6.17. The van der Waals surface area contributed by atoms with E-state index in [1.165, 1.54) is 45.4 Å². The van der Waals surface area contributed by atoms with Gasteiger partial charge in [0.25, 0.3) is 10.0 Å². The maximum Gasteiger partial charge on any atom is 0.252 e. The van der Waals surface area contributed by atoms with E-state index in [2.05, 4.69) is 0 Å². The smallest absolute Gasteiger partial charge is 0.252 e. The van der Waals surface area contributed by atoms with Gasteiger partial charge in [0.1, 0.15) is 10.0 Å². The lowest BCUT2D eigenvalue weighted by Gasteiger charge is -2.24. The second-order valence-electron chi connectivity index (χ2n) is 7.32. The largest absolute Gasteiger partial charge is 0.306 e. The molecule has 30 heavy (non-hydrogen) atoms. The summed E-state index contributed by atoms with van der Waals surface area (Å²) in [6.45, 7) is 8.22. The van der Waals surface area contributed by atoms with Crippen LogP contribution in [0.1, 0.15) is 31.4 Å². The van der Waals surface area contributed by atoms with Crippen LogP contribution in [0.5, 0.6) is 0 Å². The van der Waals surface area contributed by atoms with Crippen molar-refractivity contribution in [3.8, 4) is 0 Å². The molecule has 0 saturated carbocycles. The zero-order valence-electron chi connectivity index (χ0n) is 17.5. The van der Waals surface area contributed by atoms with Gasteiger partial charge in [-0.2, -0.15) is 4.31 Å². The number of halogens is 1. The highest BCUT2D eigenvalue weighted by molar-refractivity contribution is 7.94. The highest BCUT2D eigenvalue weighted by Crippen LogP contribution is 2.36. The van der Waals surface area contributed by atoms with Crippen molar-refractivity contribution in [1.29, 1.82) is 0 Å². The Morgan fingerprint density at radius 3 is 2.53 bits per heavy atom. The van der Waals surface area contributed by atoms with Gasteiger partial charge >= 0.3 is 0 Å². The van der Waals surface area contributed by atoms with E-state index >= 15 is 0 Å². The van der Waals surface area contributed by atoms with E-state index in [4.69, 9.17) is 4.18 Å². The first-order valence-electron chi connectivity index (χ1n) is 9.81. The summed E-state index contributed by atoms with van der Waals surface area (Å²) < 4.78 is 48.9. The van der Waals surface area contributed by atoms with Gasteiger partial charge in [-0.1, -0.05) is 24.6 Å². The van der Waals surface area contributed by atoms with Crippen LogP contribution in [0.3, 0.4) is 0 Å². The Labute approximate surface area is 186 Å². The minimum atomic E-state index is -3.71. The molecular formula is C22H26FNO3S3. The van der Waals surface area contributed by atoms with Crippen molar-refractivity contribution in [3.05, 3.63) is 59.4 Å². The molecule has 0 aliphatic heterocycles. The molecule has 0 saturated heterocycles. The Bertz CT molecular complexity index is 1110. The summed E-state index contributed by atoms with van der Waals surface area (Å²) in [5, 5.41) is 0.647. The van der Waals surface area contributed by atoms with Gasteiger partial charge in [-0.25, -0.2) is 12.8 Å². The first-order valence-corrected chi connectivity index (χ1v) is 12.8. The van der Waals surface area contributed by atoms with Gasteiger partial charge in [-0.3, -0.25) is 0 Å². The van der Waals surface area contributed by atoms with Crippen molar-refractivity contribution in [2.24, 2.45) is 0 Å². The zero-order valence-corrected chi connectivity index (χ0v) is 20.0. The third kappa shape index (κ3) is 5.23. The first-order chi connectivity index (χ1) is 14.2. The van der Waals surface area contributed by atoms with Crippen molar-refractivity contribution in [2.75, 3.05) is 13.1 Å². The molecule has 1 heterocycles. The highest BCUT2D eigenvalue weighted by Gasteiger charge is 2.30. The maximum absolute atomic E-state index is 13.6. The molecule has 1 aromatic heterocycles. The molecule has 0 spiro atoms. The summed E-state index contributed by atoms with van der Waals surface area (Å²) in [5.74, 6) is -0.368. The molecule has 3 aromatic rings. The van der Waals surface area contributed by atoms with Crippen LogP contribution in [-0.2, 0) is 14.2 Å². The van der Waals surface area contributed by atoms with Crippen molar-refractivity contribution >= 4 is 43.5 Å². The molecule has 1 unspecified atom stereocenters. The summed E-state index contributed by atoms with van der Waals surface area (Å²) in [4.78, 5) is 0.972. The first kappa shape index (κ1) is 23.2. The molecule has 3 rings (SSSR count). The summed E-state index contributed by atoms with van der Waals surface area (Å²) in [6.07, 6.45) is 0.389.